The zero-order chi connectivity index (χ0) is 14.7. The first-order chi connectivity index (χ1) is 10.2. The van der Waals surface area contributed by atoms with E-state index in [9.17, 15) is 4.79 Å². The average molecular weight is 341 g/mol. The molecule has 3 N–H and O–H groups in total. The Kier molecular flexibility index (Phi) is 5.83. The summed E-state index contributed by atoms with van der Waals surface area (Å²) in [5.41, 5.74) is 2.14. The lowest BCUT2D eigenvalue weighted by molar-refractivity contribution is 0.0925. The number of carbonyl (C=O) groups excluding carboxylic acids is 1. The van der Waals surface area contributed by atoms with Gasteiger partial charge in [-0.25, -0.2) is 0 Å². The molecule has 1 amide bonds. The van der Waals surface area contributed by atoms with Gasteiger partial charge in [-0.2, -0.15) is 5.10 Å². The van der Waals surface area contributed by atoms with Crippen molar-refractivity contribution in [3.8, 4) is 11.3 Å². The Morgan fingerprint density at radius 2 is 2.09 bits per heavy atom. The third-order valence-corrected chi connectivity index (χ3v) is 3.85. The summed E-state index contributed by atoms with van der Waals surface area (Å²) in [6.07, 6.45) is 2.10. The predicted octanol–water partition coefficient (Wildman–Crippen LogP) is 2.63. The van der Waals surface area contributed by atoms with E-state index in [1.54, 1.807) is 18.2 Å². The van der Waals surface area contributed by atoms with Gasteiger partial charge in [-0.3, -0.25) is 9.89 Å². The summed E-state index contributed by atoms with van der Waals surface area (Å²) in [6, 6.07) is 9.32. The van der Waals surface area contributed by atoms with E-state index < -0.39 is 0 Å². The van der Waals surface area contributed by atoms with E-state index in [-0.39, 0.29) is 24.4 Å². The SMILES string of the molecule is Cl.O=C(NC1CCCNC1)c1cc(-c2ccc(Cl)cc2)n[nH]1. The summed E-state index contributed by atoms with van der Waals surface area (Å²) in [4.78, 5) is 12.2. The Labute approximate surface area is 140 Å². The van der Waals surface area contributed by atoms with Gasteiger partial charge in [0.2, 0.25) is 0 Å². The predicted molar refractivity (Wildman–Crippen MR) is 89.6 cm³/mol. The number of nitrogens with one attached hydrogen (secondary N) is 3. The maximum atomic E-state index is 12.2. The standard InChI is InChI=1S/C15H17ClN4O.ClH/c16-11-5-3-10(4-6-11)13-8-14(20-19-13)15(21)18-12-2-1-7-17-9-12;/h3-6,8,12,17H,1-2,7,9H2,(H,18,21)(H,19,20);1H. The van der Waals surface area contributed by atoms with Crippen LogP contribution in [0.2, 0.25) is 5.02 Å². The number of amides is 1. The van der Waals surface area contributed by atoms with Crippen LogP contribution in [0.4, 0.5) is 0 Å². The van der Waals surface area contributed by atoms with E-state index in [0.717, 1.165) is 37.2 Å². The minimum atomic E-state index is -0.114. The molecule has 0 aliphatic carbocycles. The molecular weight excluding hydrogens is 323 g/mol. The van der Waals surface area contributed by atoms with Gasteiger partial charge in [-0.15, -0.1) is 12.4 Å². The zero-order valence-electron chi connectivity index (χ0n) is 11.9. The van der Waals surface area contributed by atoms with Gasteiger partial charge in [0, 0.05) is 23.2 Å². The number of piperidine rings is 1. The molecule has 0 saturated carbocycles. The van der Waals surface area contributed by atoms with Crippen molar-refractivity contribution < 1.29 is 4.79 Å². The number of nitrogens with zero attached hydrogens (tertiary/aromatic N) is 1. The fraction of sp³-hybridized carbons (Fsp3) is 0.333. The van der Waals surface area contributed by atoms with Crippen molar-refractivity contribution in [2.45, 2.75) is 18.9 Å². The number of H-pyrrole nitrogens is 1. The van der Waals surface area contributed by atoms with Crippen LogP contribution in [0.15, 0.2) is 30.3 Å². The lowest BCUT2D eigenvalue weighted by Gasteiger charge is -2.23. The van der Waals surface area contributed by atoms with E-state index >= 15 is 0 Å². The molecule has 1 aromatic carbocycles. The topological polar surface area (TPSA) is 69.8 Å². The van der Waals surface area contributed by atoms with Crippen LogP contribution in [0.3, 0.4) is 0 Å². The Morgan fingerprint density at radius 3 is 2.77 bits per heavy atom. The molecule has 0 radical (unpaired) electrons. The molecule has 5 nitrogen and oxygen atoms in total. The number of carbonyl (C=O) groups is 1. The van der Waals surface area contributed by atoms with Crippen LogP contribution in [0.5, 0.6) is 0 Å². The van der Waals surface area contributed by atoms with Crippen molar-refractivity contribution >= 4 is 29.9 Å². The van der Waals surface area contributed by atoms with Gasteiger partial charge in [0.25, 0.3) is 5.91 Å². The lowest BCUT2D eigenvalue weighted by Crippen LogP contribution is -2.45. The van der Waals surface area contributed by atoms with Gasteiger partial charge in [0.1, 0.15) is 5.69 Å². The molecule has 0 spiro atoms. The van der Waals surface area contributed by atoms with Gasteiger partial charge in [-0.1, -0.05) is 23.7 Å². The second-order valence-electron chi connectivity index (χ2n) is 5.19. The third kappa shape index (κ3) is 4.00. The fourth-order valence-electron chi connectivity index (χ4n) is 2.44. The summed E-state index contributed by atoms with van der Waals surface area (Å²) in [5.74, 6) is -0.114. The molecule has 118 valence electrons. The van der Waals surface area contributed by atoms with Crippen molar-refractivity contribution in [3.63, 3.8) is 0 Å². The lowest BCUT2D eigenvalue weighted by atomic mass is 10.1. The normalized spacial score (nSPS) is 17.6. The molecule has 1 aliphatic heterocycles. The van der Waals surface area contributed by atoms with E-state index in [1.807, 2.05) is 12.1 Å². The quantitative estimate of drug-likeness (QED) is 0.804. The van der Waals surface area contributed by atoms with E-state index in [4.69, 9.17) is 11.6 Å². The van der Waals surface area contributed by atoms with Crippen LogP contribution in [0.25, 0.3) is 11.3 Å². The molecule has 2 heterocycles. The van der Waals surface area contributed by atoms with E-state index in [2.05, 4.69) is 20.8 Å². The molecule has 1 atom stereocenters. The molecule has 2 aromatic rings. The number of hydrogen-bond acceptors (Lipinski definition) is 3. The largest absolute Gasteiger partial charge is 0.347 e. The van der Waals surface area contributed by atoms with Crippen LogP contribution in [-0.4, -0.2) is 35.2 Å². The highest BCUT2D eigenvalue weighted by Gasteiger charge is 2.18. The number of halogens is 2. The van der Waals surface area contributed by atoms with Gasteiger partial charge < -0.3 is 10.6 Å². The molecule has 1 aliphatic rings. The fourth-order valence-corrected chi connectivity index (χ4v) is 2.57. The Balaban J connectivity index is 0.00000176. The molecule has 1 unspecified atom stereocenters. The van der Waals surface area contributed by atoms with Crippen molar-refractivity contribution in [1.29, 1.82) is 0 Å². The van der Waals surface area contributed by atoms with Gasteiger partial charge in [0.15, 0.2) is 0 Å². The van der Waals surface area contributed by atoms with Crippen LogP contribution in [0, 0.1) is 0 Å². The maximum absolute atomic E-state index is 12.2. The Hall–Kier alpha value is -1.56. The van der Waals surface area contributed by atoms with Crippen molar-refractivity contribution in [1.82, 2.24) is 20.8 Å². The molecule has 22 heavy (non-hydrogen) atoms. The van der Waals surface area contributed by atoms with Gasteiger partial charge in [-0.05, 0) is 37.6 Å². The summed E-state index contributed by atoms with van der Waals surface area (Å²) < 4.78 is 0. The highest BCUT2D eigenvalue weighted by molar-refractivity contribution is 6.30. The second kappa shape index (κ2) is 7.63. The maximum Gasteiger partial charge on any atom is 0.269 e. The molecule has 1 saturated heterocycles. The molecule has 3 rings (SSSR count). The molecule has 7 heteroatoms. The molecule has 1 aromatic heterocycles. The van der Waals surface area contributed by atoms with Crippen LogP contribution < -0.4 is 10.6 Å². The Bertz CT molecular complexity index is 621. The summed E-state index contributed by atoms with van der Waals surface area (Å²) >= 11 is 5.86. The molecule has 1 fully saturated rings. The van der Waals surface area contributed by atoms with Crippen molar-refractivity contribution in [2.75, 3.05) is 13.1 Å². The first kappa shape index (κ1) is 16.8. The van der Waals surface area contributed by atoms with Gasteiger partial charge >= 0.3 is 0 Å². The molecular formula is C15H18Cl2N4O. The number of hydrogen-bond donors (Lipinski definition) is 3. The summed E-state index contributed by atoms with van der Waals surface area (Å²) in [5, 5.41) is 13.9. The first-order valence-electron chi connectivity index (χ1n) is 7.05. The van der Waals surface area contributed by atoms with Crippen molar-refractivity contribution in [3.05, 3.63) is 41.0 Å². The summed E-state index contributed by atoms with van der Waals surface area (Å²) in [7, 11) is 0. The Morgan fingerprint density at radius 1 is 1.32 bits per heavy atom. The first-order valence-corrected chi connectivity index (χ1v) is 7.43. The van der Waals surface area contributed by atoms with Crippen LogP contribution in [0.1, 0.15) is 23.3 Å². The van der Waals surface area contributed by atoms with Crippen LogP contribution >= 0.6 is 24.0 Å². The minimum absolute atomic E-state index is 0. The smallest absolute Gasteiger partial charge is 0.269 e. The molecule has 0 bridgehead atoms. The number of rotatable bonds is 3. The monoisotopic (exact) mass is 340 g/mol. The number of benzene rings is 1. The van der Waals surface area contributed by atoms with E-state index in [1.165, 1.54) is 0 Å². The second-order valence-corrected chi connectivity index (χ2v) is 5.63. The summed E-state index contributed by atoms with van der Waals surface area (Å²) in [6.45, 7) is 1.85. The number of aromatic nitrogens is 2. The average Bonchev–Trinajstić information content (AvgIpc) is 2.99. The van der Waals surface area contributed by atoms with Crippen LogP contribution in [-0.2, 0) is 0 Å². The third-order valence-electron chi connectivity index (χ3n) is 3.59. The highest BCUT2D eigenvalue weighted by atomic mass is 35.5. The number of aromatic amines is 1. The highest BCUT2D eigenvalue weighted by Crippen LogP contribution is 2.20. The van der Waals surface area contributed by atoms with E-state index in [0.29, 0.717) is 10.7 Å². The zero-order valence-corrected chi connectivity index (χ0v) is 13.5. The van der Waals surface area contributed by atoms with Gasteiger partial charge in [0.05, 0.1) is 5.69 Å². The minimum Gasteiger partial charge on any atom is -0.347 e. The van der Waals surface area contributed by atoms with Crippen molar-refractivity contribution in [2.24, 2.45) is 0 Å².